The second-order valence-electron chi connectivity index (χ2n) is 5.53. The Bertz CT molecular complexity index is 1010. The maximum atomic E-state index is 12.2. The van der Waals surface area contributed by atoms with E-state index in [9.17, 15) is 4.79 Å². The van der Waals surface area contributed by atoms with E-state index in [1.165, 1.54) is 11.3 Å². The maximum Gasteiger partial charge on any atom is 0.358 e. The summed E-state index contributed by atoms with van der Waals surface area (Å²) in [7, 11) is 0. The predicted octanol–water partition coefficient (Wildman–Crippen LogP) is 4.82. The van der Waals surface area contributed by atoms with E-state index < -0.39 is 5.97 Å². The summed E-state index contributed by atoms with van der Waals surface area (Å²) in [6, 6.07) is 21.1. The first kappa shape index (κ1) is 16.2. The van der Waals surface area contributed by atoms with Crippen molar-refractivity contribution in [1.82, 2.24) is 10.1 Å². The molecule has 0 amide bonds. The molecular weight excluding hydrogens is 348 g/mol. The van der Waals surface area contributed by atoms with Crippen LogP contribution in [0.2, 0.25) is 0 Å². The van der Waals surface area contributed by atoms with Gasteiger partial charge in [-0.25, -0.2) is 9.78 Å². The van der Waals surface area contributed by atoms with E-state index in [4.69, 9.17) is 9.26 Å². The minimum absolute atomic E-state index is 0.0351. The van der Waals surface area contributed by atoms with Gasteiger partial charge in [0.2, 0.25) is 0 Å². The van der Waals surface area contributed by atoms with E-state index in [0.717, 1.165) is 16.1 Å². The number of hydrogen-bond donors (Lipinski definition) is 0. The number of carbonyl (C=O) groups excluding carboxylic acids is 1. The van der Waals surface area contributed by atoms with Crippen molar-refractivity contribution < 1.29 is 14.1 Å². The van der Waals surface area contributed by atoms with Crippen LogP contribution in [-0.2, 0) is 11.3 Å². The van der Waals surface area contributed by atoms with Crippen LogP contribution in [-0.4, -0.2) is 16.1 Å². The molecule has 0 saturated carbocycles. The molecule has 0 spiro atoms. The van der Waals surface area contributed by atoms with Crippen LogP contribution in [0.5, 0.6) is 0 Å². The molecule has 0 aliphatic heterocycles. The maximum absolute atomic E-state index is 12.2. The first-order valence-corrected chi connectivity index (χ1v) is 8.86. The van der Waals surface area contributed by atoms with Gasteiger partial charge in [-0.3, -0.25) is 0 Å². The fourth-order valence-corrected chi connectivity index (χ4v) is 3.21. The summed E-state index contributed by atoms with van der Waals surface area (Å²) in [6.07, 6.45) is 0. The Hall–Kier alpha value is -3.25. The summed E-state index contributed by atoms with van der Waals surface area (Å²) in [5, 5.41) is 6.42. The van der Waals surface area contributed by atoms with Crippen molar-refractivity contribution in [1.29, 1.82) is 0 Å². The van der Waals surface area contributed by atoms with Crippen molar-refractivity contribution >= 4 is 17.3 Å². The van der Waals surface area contributed by atoms with E-state index >= 15 is 0 Å². The fourth-order valence-electron chi connectivity index (χ4n) is 2.41. The Kier molecular flexibility index (Phi) is 4.57. The van der Waals surface area contributed by atoms with Crippen molar-refractivity contribution in [3.8, 4) is 21.9 Å². The molecule has 0 aliphatic carbocycles. The zero-order valence-corrected chi connectivity index (χ0v) is 14.5. The molecular formula is C20H14N2O3S. The number of thiazole rings is 1. The molecule has 0 unspecified atom stereocenters. The lowest BCUT2D eigenvalue weighted by atomic mass is 10.2. The number of rotatable bonds is 5. The Morgan fingerprint density at radius 1 is 1.00 bits per heavy atom. The van der Waals surface area contributed by atoms with Crippen LogP contribution in [0.3, 0.4) is 0 Å². The lowest BCUT2D eigenvalue weighted by Crippen LogP contribution is -2.05. The number of benzene rings is 2. The van der Waals surface area contributed by atoms with Gasteiger partial charge in [0.15, 0.2) is 11.5 Å². The Balaban J connectivity index is 1.40. The standard InChI is InChI=1S/C20H14N2O3S/c23-20(17-13-26-19(21-17)15-9-5-2-6-10-15)24-12-16-11-18(25-22-16)14-7-3-1-4-8-14/h1-11,13H,12H2. The summed E-state index contributed by atoms with van der Waals surface area (Å²) in [5.41, 5.74) is 2.74. The Morgan fingerprint density at radius 2 is 1.69 bits per heavy atom. The molecule has 0 radical (unpaired) electrons. The number of carbonyl (C=O) groups is 1. The SMILES string of the molecule is O=C(OCc1cc(-c2ccccc2)on1)c1csc(-c2ccccc2)n1. The highest BCUT2D eigenvalue weighted by Crippen LogP contribution is 2.24. The highest BCUT2D eigenvalue weighted by Gasteiger charge is 2.15. The lowest BCUT2D eigenvalue weighted by Gasteiger charge is -1.99. The third-order valence-corrected chi connectivity index (χ3v) is 4.59. The van der Waals surface area contributed by atoms with E-state index in [-0.39, 0.29) is 6.61 Å². The van der Waals surface area contributed by atoms with Crippen molar-refractivity contribution in [2.45, 2.75) is 6.61 Å². The van der Waals surface area contributed by atoms with Crippen molar-refractivity contribution in [2.24, 2.45) is 0 Å². The van der Waals surface area contributed by atoms with Gasteiger partial charge in [0, 0.05) is 22.6 Å². The molecule has 26 heavy (non-hydrogen) atoms. The number of nitrogens with zero attached hydrogens (tertiary/aromatic N) is 2. The topological polar surface area (TPSA) is 65.2 Å². The summed E-state index contributed by atoms with van der Waals surface area (Å²) in [4.78, 5) is 16.5. The van der Waals surface area contributed by atoms with Crippen LogP contribution in [0.4, 0.5) is 0 Å². The van der Waals surface area contributed by atoms with Gasteiger partial charge in [0.05, 0.1) is 0 Å². The molecule has 2 aromatic carbocycles. The second kappa shape index (κ2) is 7.33. The molecule has 0 atom stereocenters. The summed E-state index contributed by atoms with van der Waals surface area (Å²) in [5.74, 6) is 0.157. The Labute approximate surface area is 153 Å². The molecule has 2 aromatic heterocycles. The van der Waals surface area contributed by atoms with Crippen LogP contribution in [0.25, 0.3) is 21.9 Å². The van der Waals surface area contributed by atoms with Crippen molar-refractivity contribution in [3.63, 3.8) is 0 Å². The van der Waals surface area contributed by atoms with Gasteiger partial charge in [-0.2, -0.15) is 0 Å². The number of aromatic nitrogens is 2. The summed E-state index contributed by atoms with van der Waals surface area (Å²) >= 11 is 1.41. The highest BCUT2D eigenvalue weighted by molar-refractivity contribution is 7.13. The van der Waals surface area contributed by atoms with Crippen LogP contribution in [0.15, 0.2) is 76.6 Å². The molecule has 0 saturated heterocycles. The smallest absolute Gasteiger partial charge is 0.358 e. The van der Waals surface area contributed by atoms with Gasteiger partial charge in [-0.15, -0.1) is 11.3 Å². The fraction of sp³-hybridized carbons (Fsp3) is 0.0500. The van der Waals surface area contributed by atoms with E-state index in [2.05, 4.69) is 10.1 Å². The third kappa shape index (κ3) is 3.55. The average Bonchev–Trinajstić information content (AvgIpc) is 3.37. The zero-order valence-electron chi connectivity index (χ0n) is 13.7. The summed E-state index contributed by atoms with van der Waals surface area (Å²) in [6.45, 7) is 0.0351. The average molecular weight is 362 g/mol. The minimum atomic E-state index is -0.479. The lowest BCUT2D eigenvalue weighted by molar-refractivity contribution is 0.0458. The number of esters is 1. The van der Waals surface area contributed by atoms with Crippen LogP contribution in [0, 0.1) is 0 Å². The normalized spacial score (nSPS) is 10.6. The highest BCUT2D eigenvalue weighted by atomic mass is 32.1. The predicted molar refractivity (Wildman–Crippen MR) is 98.6 cm³/mol. The minimum Gasteiger partial charge on any atom is -0.454 e. The molecule has 128 valence electrons. The largest absolute Gasteiger partial charge is 0.454 e. The molecule has 4 aromatic rings. The number of hydrogen-bond acceptors (Lipinski definition) is 6. The molecule has 0 fully saturated rings. The van der Waals surface area contributed by atoms with E-state index in [1.807, 2.05) is 60.7 Å². The third-order valence-electron chi connectivity index (χ3n) is 3.70. The molecule has 0 bridgehead atoms. The zero-order chi connectivity index (χ0) is 17.8. The molecule has 5 nitrogen and oxygen atoms in total. The van der Waals surface area contributed by atoms with Crippen molar-refractivity contribution in [3.05, 3.63) is 83.5 Å². The first-order valence-electron chi connectivity index (χ1n) is 7.99. The second-order valence-corrected chi connectivity index (χ2v) is 6.39. The molecule has 4 rings (SSSR count). The van der Waals surface area contributed by atoms with Crippen LogP contribution >= 0.6 is 11.3 Å². The first-order chi connectivity index (χ1) is 12.8. The van der Waals surface area contributed by atoms with E-state index in [0.29, 0.717) is 17.1 Å². The molecule has 2 heterocycles. The molecule has 6 heteroatoms. The van der Waals surface area contributed by atoms with Gasteiger partial charge in [-0.05, 0) is 0 Å². The molecule has 0 aliphatic rings. The van der Waals surface area contributed by atoms with Gasteiger partial charge in [0.1, 0.15) is 17.3 Å². The quantitative estimate of drug-likeness (QED) is 0.476. The van der Waals surface area contributed by atoms with Gasteiger partial charge >= 0.3 is 5.97 Å². The molecule has 0 N–H and O–H groups in total. The monoisotopic (exact) mass is 362 g/mol. The van der Waals surface area contributed by atoms with Crippen molar-refractivity contribution in [2.75, 3.05) is 0 Å². The van der Waals surface area contributed by atoms with Crippen LogP contribution in [0.1, 0.15) is 16.2 Å². The van der Waals surface area contributed by atoms with E-state index in [1.54, 1.807) is 11.4 Å². The Morgan fingerprint density at radius 3 is 2.42 bits per heavy atom. The summed E-state index contributed by atoms with van der Waals surface area (Å²) < 4.78 is 10.6. The van der Waals surface area contributed by atoms with Gasteiger partial charge < -0.3 is 9.26 Å². The van der Waals surface area contributed by atoms with Gasteiger partial charge in [0.25, 0.3) is 0 Å². The number of ether oxygens (including phenoxy) is 1. The van der Waals surface area contributed by atoms with Crippen LogP contribution < -0.4 is 0 Å². The van der Waals surface area contributed by atoms with Gasteiger partial charge in [-0.1, -0.05) is 65.8 Å².